The lowest BCUT2D eigenvalue weighted by molar-refractivity contribution is 0.398. The molecule has 0 bridgehead atoms. The number of fused-ring (bicyclic) bond motifs is 1. The summed E-state index contributed by atoms with van der Waals surface area (Å²) in [5.74, 6) is 2.00. The number of nitrogens with one attached hydrogen (secondary N) is 1. The molecule has 112 valence electrons. The third-order valence-electron chi connectivity index (χ3n) is 3.27. The predicted octanol–water partition coefficient (Wildman–Crippen LogP) is 3.86. The first-order valence-electron chi connectivity index (χ1n) is 6.83. The van der Waals surface area contributed by atoms with E-state index >= 15 is 0 Å². The molecule has 1 N–H and O–H groups in total. The smallest absolute Gasteiger partial charge is 0.247 e. The zero-order valence-electron chi connectivity index (χ0n) is 12.4. The maximum Gasteiger partial charge on any atom is 0.247 e. The van der Waals surface area contributed by atoms with Gasteiger partial charge in [0.15, 0.2) is 0 Å². The fraction of sp³-hybridized carbons (Fsp3) is 0.188. The standard InChI is InChI=1S/C16H16N4O2/c1-21-12-7-8-15(22-2)11(9-12)10-17-20-16-18-13-5-3-4-6-14(13)19-16/h3-9H,10H2,1-2H3,(H,18,19). The normalized spacial score (nSPS) is 11.2. The number of ether oxygens (including phenoxy) is 2. The number of aromatic nitrogens is 2. The Hall–Kier alpha value is -2.89. The highest BCUT2D eigenvalue weighted by Crippen LogP contribution is 2.25. The lowest BCUT2D eigenvalue weighted by atomic mass is 10.2. The van der Waals surface area contributed by atoms with Gasteiger partial charge in [-0.25, -0.2) is 4.98 Å². The molecule has 0 atom stereocenters. The SMILES string of the molecule is COc1ccc(OC)c(CN=Nc2nc3ccccc3[nH]2)c1. The molecule has 3 rings (SSSR count). The molecule has 1 aromatic heterocycles. The van der Waals surface area contributed by atoms with Gasteiger partial charge in [-0.2, -0.15) is 5.11 Å². The zero-order valence-corrected chi connectivity index (χ0v) is 12.4. The highest BCUT2D eigenvalue weighted by molar-refractivity contribution is 5.76. The number of rotatable bonds is 5. The van der Waals surface area contributed by atoms with Gasteiger partial charge < -0.3 is 14.5 Å². The van der Waals surface area contributed by atoms with Crippen LogP contribution in [0.25, 0.3) is 11.0 Å². The molecule has 0 aliphatic carbocycles. The molecule has 22 heavy (non-hydrogen) atoms. The maximum absolute atomic E-state index is 5.31. The quantitative estimate of drug-likeness (QED) is 0.726. The van der Waals surface area contributed by atoms with E-state index in [4.69, 9.17) is 9.47 Å². The summed E-state index contributed by atoms with van der Waals surface area (Å²) < 4.78 is 10.5. The third-order valence-corrected chi connectivity index (χ3v) is 3.27. The Morgan fingerprint density at radius 3 is 2.73 bits per heavy atom. The molecule has 0 saturated heterocycles. The van der Waals surface area contributed by atoms with Gasteiger partial charge in [-0.1, -0.05) is 12.1 Å². The molecule has 0 fully saturated rings. The number of nitrogens with zero attached hydrogens (tertiary/aromatic N) is 3. The van der Waals surface area contributed by atoms with Crippen LogP contribution >= 0.6 is 0 Å². The van der Waals surface area contributed by atoms with E-state index in [0.29, 0.717) is 12.5 Å². The first kappa shape index (κ1) is 14.1. The maximum atomic E-state index is 5.31. The van der Waals surface area contributed by atoms with E-state index in [2.05, 4.69) is 20.2 Å². The first-order chi connectivity index (χ1) is 10.8. The van der Waals surface area contributed by atoms with Crippen LogP contribution in [0.5, 0.6) is 11.5 Å². The molecule has 1 heterocycles. The molecule has 6 nitrogen and oxygen atoms in total. The Bertz CT molecular complexity index is 778. The van der Waals surface area contributed by atoms with E-state index in [1.165, 1.54) is 0 Å². The van der Waals surface area contributed by atoms with Gasteiger partial charge in [0.25, 0.3) is 0 Å². The number of aromatic amines is 1. The van der Waals surface area contributed by atoms with Gasteiger partial charge in [0, 0.05) is 5.56 Å². The van der Waals surface area contributed by atoms with Crippen LogP contribution in [0.2, 0.25) is 0 Å². The average molecular weight is 296 g/mol. The lowest BCUT2D eigenvalue weighted by Crippen LogP contribution is -1.92. The van der Waals surface area contributed by atoms with Crippen molar-refractivity contribution in [3.63, 3.8) is 0 Å². The second-order valence-corrected chi connectivity index (χ2v) is 4.65. The Labute approximate surface area is 127 Å². The van der Waals surface area contributed by atoms with Crippen molar-refractivity contribution in [2.45, 2.75) is 6.54 Å². The van der Waals surface area contributed by atoms with E-state index < -0.39 is 0 Å². The summed E-state index contributed by atoms with van der Waals surface area (Å²) >= 11 is 0. The lowest BCUT2D eigenvalue weighted by Gasteiger charge is -2.07. The summed E-state index contributed by atoms with van der Waals surface area (Å²) in [6.07, 6.45) is 0. The molecule has 0 aliphatic rings. The van der Waals surface area contributed by atoms with Crippen LogP contribution < -0.4 is 9.47 Å². The number of azo groups is 1. The number of hydrogen-bond acceptors (Lipinski definition) is 5. The fourth-order valence-electron chi connectivity index (χ4n) is 2.17. The van der Waals surface area contributed by atoms with Gasteiger partial charge in [0.1, 0.15) is 11.5 Å². The molecular weight excluding hydrogens is 280 g/mol. The van der Waals surface area contributed by atoms with Gasteiger partial charge in [0.2, 0.25) is 5.95 Å². The molecular formula is C16H16N4O2. The summed E-state index contributed by atoms with van der Waals surface area (Å²) in [6.45, 7) is 0.386. The average Bonchev–Trinajstić information content (AvgIpc) is 2.97. The molecule has 0 aliphatic heterocycles. The van der Waals surface area contributed by atoms with Gasteiger partial charge in [-0.3, -0.25) is 0 Å². The van der Waals surface area contributed by atoms with Crippen LogP contribution in [0.1, 0.15) is 5.56 Å². The van der Waals surface area contributed by atoms with E-state index in [1.807, 2.05) is 42.5 Å². The summed E-state index contributed by atoms with van der Waals surface area (Å²) in [7, 11) is 3.25. The molecule has 0 unspecified atom stereocenters. The number of methoxy groups -OCH3 is 2. The minimum atomic E-state index is 0.386. The van der Waals surface area contributed by atoms with Gasteiger partial charge in [-0.05, 0) is 30.3 Å². The minimum absolute atomic E-state index is 0.386. The highest BCUT2D eigenvalue weighted by atomic mass is 16.5. The van der Waals surface area contributed by atoms with Crippen LogP contribution in [0.4, 0.5) is 5.95 Å². The summed E-state index contributed by atoms with van der Waals surface area (Å²) in [4.78, 5) is 7.45. The van der Waals surface area contributed by atoms with Crippen LogP contribution in [-0.2, 0) is 6.54 Å². The van der Waals surface area contributed by atoms with Crippen molar-refractivity contribution in [2.24, 2.45) is 10.2 Å². The molecule has 3 aromatic rings. The van der Waals surface area contributed by atoms with Crippen molar-refractivity contribution < 1.29 is 9.47 Å². The van der Waals surface area contributed by atoms with Gasteiger partial charge in [0.05, 0.1) is 31.8 Å². The van der Waals surface area contributed by atoms with E-state index in [-0.39, 0.29) is 0 Å². The van der Waals surface area contributed by atoms with Gasteiger partial charge >= 0.3 is 0 Å². The summed E-state index contributed by atoms with van der Waals surface area (Å²) in [5.41, 5.74) is 2.72. The van der Waals surface area contributed by atoms with Crippen molar-refractivity contribution in [1.82, 2.24) is 9.97 Å². The largest absolute Gasteiger partial charge is 0.497 e. The summed E-state index contributed by atoms with van der Waals surface area (Å²) in [5, 5.41) is 8.32. The Morgan fingerprint density at radius 2 is 1.95 bits per heavy atom. The number of para-hydroxylation sites is 2. The van der Waals surface area contributed by atoms with Crippen LogP contribution in [0.15, 0.2) is 52.7 Å². The highest BCUT2D eigenvalue weighted by Gasteiger charge is 2.05. The second-order valence-electron chi connectivity index (χ2n) is 4.65. The van der Waals surface area contributed by atoms with Gasteiger partial charge in [-0.15, -0.1) is 5.11 Å². The topological polar surface area (TPSA) is 71.9 Å². The van der Waals surface area contributed by atoms with E-state index in [0.717, 1.165) is 28.1 Å². The van der Waals surface area contributed by atoms with Crippen molar-refractivity contribution in [3.05, 3.63) is 48.0 Å². The number of benzene rings is 2. The molecule has 0 saturated carbocycles. The Morgan fingerprint density at radius 1 is 1.09 bits per heavy atom. The Kier molecular flexibility index (Phi) is 4.00. The first-order valence-corrected chi connectivity index (χ1v) is 6.83. The van der Waals surface area contributed by atoms with Crippen molar-refractivity contribution >= 4 is 17.0 Å². The minimum Gasteiger partial charge on any atom is -0.497 e. The fourth-order valence-corrected chi connectivity index (χ4v) is 2.17. The second kappa shape index (κ2) is 6.26. The molecule has 2 aromatic carbocycles. The molecule has 0 amide bonds. The van der Waals surface area contributed by atoms with Crippen LogP contribution in [0.3, 0.4) is 0 Å². The van der Waals surface area contributed by atoms with Crippen LogP contribution in [0, 0.1) is 0 Å². The van der Waals surface area contributed by atoms with Crippen molar-refractivity contribution in [1.29, 1.82) is 0 Å². The van der Waals surface area contributed by atoms with E-state index in [1.54, 1.807) is 14.2 Å². The third kappa shape index (κ3) is 2.90. The zero-order chi connectivity index (χ0) is 15.4. The number of imidazole rings is 1. The van der Waals surface area contributed by atoms with E-state index in [9.17, 15) is 0 Å². The monoisotopic (exact) mass is 296 g/mol. The van der Waals surface area contributed by atoms with Crippen LogP contribution in [-0.4, -0.2) is 24.2 Å². The number of hydrogen-bond donors (Lipinski definition) is 1. The van der Waals surface area contributed by atoms with Crippen molar-refractivity contribution in [3.8, 4) is 11.5 Å². The molecule has 0 radical (unpaired) electrons. The van der Waals surface area contributed by atoms with Crippen molar-refractivity contribution in [2.75, 3.05) is 14.2 Å². The summed E-state index contributed by atoms with van der Waals surface area (Å²) in [6, 6.07) is 13.3. The number of H-pyrrole nitrogens is 1. The Balaban J connectivity index is 1.79. The predicted molar refractivity (Wildman–Crippen MR) is 83.9 cm³/mol. The molecule has 6 heteroatoms. The molecule has 0 spiro atoms.